The van der Waals surface area contributed by atoms with Gasteiger partial charge in [-0.3, -0.25) is 4.99 Å². The van der Waals surface area contributed by atoms with Crippen LogP contribution in [0.1, 0.15) is 17.5 Å². The van der Waals surface area contributed by atoms with E-state index in [1.165, 1.54) is 23.8 Å². The molecule has 0 aliphatic carbocycles. The van der Waals surface area contributed by atoms with Gasteiger partial charge in [-0.1, -0.05) is 24.3 Å². The molecule has 0 aliphatic heterocycles. The quantitative estimate of drug-likeness (QED) is 0.410. The highest BCUT2D eigenvalue weighted by molar-refractivity contribution is 5.69. The zero-order valence-corrected chi connectivity index (χ0v) is 14.6. The Hall–Kier alpha value is -2.82. The Morgan fingerprint density at radius 1 is 0.920 bits per heavy atom. The van der Waals surface area contributed by atoms with Crippen molar-refractivity contribution >= 4 is 12.7 Å². The smallest absolute Gasteiger partial charge is 0.119 e. The second kappa shape index (κ2) is 10.9. The molecule has 0 spiro atoms. The zero-order chi connectivity index (χ0) is 17.7. The maximum absolute atomic E-state index is 5.80. The number of benzene rings is 2. The van der Waals surface area contributed by atoms with E-state index >= 15 is 0 Å². The van der Waals surface area contributed by atoms with Gasteiger partial charge in [0.15, 0.2) is 0 Å². The summed E-state index contributed by atoms with van der Waals surface area (Å²) < 4.78 is 11.0. The van der Waals surface area contributed by atoms with Crippen LogP contribution in [0.15, 0.2) is 58.5 Å². The van der Waals surface area contributed by atoms with Crippen molar-refractivity contribution in [1.29, 1.82) is 0 Å². The number of aliphatic imine (C=N–C) groups is 2. The van der Waals surface area contributed by atoms with Gasteiger partial charge in [-0.25, -0.2) is 4.99 Å². The molecule has 5 nitrogen and oxygen atoms in total. The Labute approximate surface area is 149 Å². The summed E-state index contributed by atoms with van der Waals surface area (Å²) in [5.74, 6) is 1.78. The van der Waals surface area contributed by atoms with Crippen molar-refractivity contribution in [2.24, 2.45) is 15.7 Å². The van der Waals surface area contributed by atoms with Crippen LogP contribution in [0, 0.1) is 0 Å². The molecule has 2 aromatic rings. The van der Waals surface area contributed by atoms with Crippen molar-refractivity contribution in [3.8, 4) is 11.5 Å². The Bertz CT molecular complexity index is 664. The first-order chi connectivity index (χ1) is 12.3. The molecule has 0 saturated heterocycles. The van der Waals surface area contributed by atoms with E-state index in [0.29, 0.717) is 13.2 Å². The van der Waals surface area contributed by atoms with E-state index in [9.17, 15) is 0 Å². The lowest BCUT2D eigenvalue weighted by atomic mass is 10.1. The highest BCUT2D eigenvalue weighted by Crippen LogP contribution is 2.15. The minimum absolute atomic E-state index is 0.694. The lowest BCUT2D eigenvalue weighted by Gasteiger charge is -2.07. The Morgan fingerprint density at radius 2 is 1.56 bits per heavy atom. The number of nitrogens with zero attached hydrogens (tertiary/aromatic N) is 2. The van der Waals surface area contributed by atoms with Gasteiger partial charge >= 0.3 is 0 Å². The van der Waals surface area contributed by atoms with Gasteiger partial charge in [0, 0.05) is 6.54 Å². The minimum Gasteiger partial charge on any atom is -0.497 e. The van der Waals surface area contributed by atoms with Crippen molar-refractivity contribution in [2.75, 3.05) is 20.3 Å². The summed E-state index contributed by atoms with van der Waals surface area (Å²) >= 11 is 0. The Balaban J connectivity index is 1.66. The molecule has 0 aliphatic rings. The van der Waals surface area contributed by atoms with Crippen molar-refractivity contribution in [2.45, 2.75) is 19.3 Å². The average molecular weight is 339 g/mol. The summed E-state index contributed by atoms with van der Waals surface area (Å²) in [7, 11) is 1.68. The van der Waals surface area contributed by atoms with Gasteiger partial charge in [0.25, 0.3) is 0 Å². The van der Waals surface area contributed by atoms with Gasteiger partial charge < -0.3 is 15.2 Å². The maximum Gasteiger partial charge on any atom is 0.119 e. The standard InChI is InChI=1S/C20H25N3O2/c1-24-19-8-4-17(5-9-19)3-2-14-25-20-10-6-18(7-11-20)12-13-22-16-23-15-21/h4-11,15-16H,2-3,12-14H2,1H3,(H2,21,22,23). The average Bonchev–Trinajstić information content (AvgIpc) is 2.66. The van der Waals surface area contributed by atoms with Crippen LogP contribution < -0.4 is 15.2 Å². The zero-order valence-electron chi connectivity index (χ0n) is 14.6. The van der Waals surface area contributed by atoms with Gasteiger partial charge in [0.2, 0.25) is 0 Å². The molecule has 0 bridgehead atoms. The van der Waals surface area contributed by atoms with E-state index in [2.05, 4.69) is 34.3 Å². The van der Waals surface area contributed by atoms with Crippen LogP contribution in [0.2, 0.25) is 0 Å². The summed E-state index contributed by atoms with van der Waals surface area (Å²) in [4.78, 5) is 7.86. The lowest BCUT2D eigenvalue weighted by Crippen LogP contribution is -2.00. The Morgan fingerprint density at radius 3 is 2.20 bits per heavy atom. The summed E-state index contributed by atoms with van der Waals surface area (Å²) in [6.45, 7) is 1.40. The summed E-state index contributed by atoms with van der Waals surface area (Å²) in [5, 5.41) is 0. The van der Waals surface area contributed by atoms with Crippen molar-refractivity contribution in [3.05, 3.63) is 59.7 Å². The van der Waals surface area contributed by atoms with Gasteiger partial charge in [-0.05, 0) is 54.7 Å². The first-order valence-electron chi connectivity index (χ1n) is 8.38. The molecule has 0 saturated carbocycles. The van der Waals surface area contributed by atoms with Gasteiger partial charge in [-0.15, -0.1) is 0 Å². The largest absolute Gasteiger partial charge is 0.497 e. The molecule has 5 heteroatoms. The third-order valence-electron chi connectivity index (χ3n) is 3.72. The predicted molar refractivity (Wildman–Crippen MR) is 103 cm³/mol. The molecule has 0 atom stereocenters. The number of hydrogen-bond donors (Lipinski definition) is 1. The van der Waals surface area contributed by atoms with Crippen LogP contribution in [0.25, 0.3) is 0 Å². The number of methoxy groups -OCH3 is 1. The molecular weight excluding hydrogens is 314 g/mol. The van der Waals surface area contributed by atoms with Crippen molar-refractivity contribution in [3.63, 3.8) is 0 Å². The van der Waals surface area contributed by atoms with Crippen LogP contribution in [-0.2, 0) is 12.8 Å². The number of nitrogens with two attached hydrogens (primary N) is 1. The fourth-order valence-corrected chi connectivity index (χ4v) is 2.35. The predicted octanol–water partition coefficient (Wildman–Crippen LogP) is 3.26. The van der Waals surface area contributed by atoms with Gasteiger partial charge in [-0.2, -0.15) is 0 Å². The first kappa shape index (κ1) is 18.5. The van der Waals surface area contributed by atoms with Crippen LogP contribution >= 0.6 is 0 Å². The van der Waals surface area contributed by atoms with E-state index in [1.54, 1.807) is 7.11 Å². The van der Waals surface area contributed by atoms with Crippen LogP contribution in [-0.4, -0.2) is 32.9 Å². The van der Waals surface area contributed by atoms with E-state index in [4.69, 9.17) is 15.2 Å². The normalized spacial score (nSPS) is 11.2. The second-order valence-corrected chi connectivity index (χ2v) is 5.51. The molecule has 0 aromatic heterocycles. The van der Waals surface area contributed by atoms with E-state index in [0.717, 1.165) is 30.8 Å². The number of rotatable bonds is 10. The maximum atomic E-state index is 5.80. The molecule has 2 N–H and O–H groups in total. The summed E-state index contributed by atoms with van der Waals surface area (Å²) in [6, 6.07) is 16.3. The molecule has 0 heterocycles. The molecule has 132 valence electrons. The van der Waals surface area contributed by atoms with Crippen molar-refractivity contribution < 1.29 is 9.47 Å². The van der Waals surface area contributed by atoms with Gasteiger partial charge in [0.05, 0.1) is 20.1 Å². The lowest BCUT2D eigenvalue weighted by molar-refractivity contribution is 0.311. The number of hydrogen-bond acceptors (Lipinski definition) is 3. The van der Waals surface area contributed by atoms with Crippen LogP contribution in [0.3, 0.4) is 0 Å². The van der Waals surface area contributed by atoms with Crippen LogP contribution in [0.4, 0.5) is 0 Å². The molecule has 2 aromatic carbocycles. The van der Waals surface area contributed by atoms with Crippen molar-refractivity contribution in [1.82, 2.24) is 0 Å². The first-order valence-corrected chi connectivity index (χ1v) is 8.38. The fourth-order valence-electron chi connectivity index (χ4n) is 2.35. The third-order valence-corrected chi connectivity index (χ3v) is 3.72. The molecular formula is C20H25N3O2. The van der Waals surface area contributed by atoms with E-state index < -0.39 is 0 Å². The SMILES string of the molecule is COc1ccc(CCCOc2ccc(CCN=CN=CN)cc2)cc1. The molecule has 0 unspecified atom stereocenters. The highest BCUT2D eigenvalue weighted by Gasteiger charge is 1.98. The molecule has 0 fully saturated rings. The fraction of sp³-hybridized carbons (Fsp3) is 0.300. The number of aryl methyl sites for hydroxylation is 1. The third kappa shape index (κ3) is 7.08. The molecule has 25 heavy (non-hydrogen) atoms. The topological polar surface area (TPSA) is 69.2 Å². The molecule has 0 amide bonds. The van der Waals surface area contributed by atoms with Crippen LogP contribution in [0.5, 0.6) is 11.5 Å². The monoisotopic (exact) mass is 339 g/mol. The summed E-state index contributed by atoms with van der Waals surface area (Å²) in [5.41, 5.74) is 7.64. The Kier molecular flexibility index (Phi) is 8.05. The second-order valence-electron chi connectivity index (χ2n) is 5.51. The van der Waals surface area contributed by atoms with E-state index in [1.807, 2.05) is 24.3 Å². The minimum atomic E-state index is 0.694. The summed E-state index contributed by atoms with van der Waals surface area (Å²) in [6.07, 6.45) is 5.54. The van der Waals surface area contributed by atoms with Gasteiger partial charge in [0.1, 0.15) is 17.8 Å². The molecule has 2 rings (SSSR count). The number of ether oxygens (including phenoxy) is 2. The highest BCUT2D eigenvalue weighted by atomic mass is 16.5. The molecule has 0 radical (unpaired) electrons. The van der Waals surface area contributed by atoms with E-state index in [-0.39, 0.29) is 0 Å².